The smallest absolute Gasteiger partial charge is 0.101 e. The summed E-state index contributed by atoms with van der Waals surface area (Å²) in [6.45, 7) is 0. The number of thioether (sulfide) groups is 1. The maximum atomic E-state index is 9.86. The molecule has 0 spiro atoms. The lowest BCUT2D eigenvalue weighted by Gasteiger charge is -2.08. The van der Waals surface area contributed by atoms with Crippen molar-refractivity contribution in [3.8, 4) is 6.07 Å². The minimum atomic E-state index is 0.661. The maximum Gasteiger partial charge on any atom is 0.101 e. The Balaban J connectivity index is 2.37. The highest BCUT2D eigenvalue weighted by Gasteiger charge is 2.20. The average Bonchev–Trinajstić information content (AvgIpc) is 2.85. The first-order valence-corrected chi connectivity index (χ1v) is 9.02. The number of allylic oxidation sites excluding steroid dienone is 1. The summed E-state index contributed by atoms with van der Waals surface area (Å²) in [7, 11) is 1.99. The summed E-state index contributed by atoms with van der Waals surface area (Å²) in [4.78, 5) is 5.11. The van der Waals surface area contributed by atoms with Gasteiger partial charge in [0, 0.05) is 46.4 Å². The molecule has 0 aliphatic carbocycles. The second-order valence-electron chi connectivity index (χ2n) is 5.00. The summed E-state index contributed by atoms with van der Waals surface area (Å²) in [6, 6.07) is 14.4. The van der Waals surface area contributed by atoms with Crippen molar-refractivity contribution in [3.63, 3.8) is 0 Å². The van der Waals surface area contributed by atoms with Crippen LogP contribution in [-0.4, -0.2) is 15.8 Å². The number of nitriles is 1. The number of rotatable bonds is 3. The van der Waals surface area contributed by atoms with Crippen molar-refractivity contribution in [1.82, 2.24) is 9.55 Å². The summed E-state index contributed by atoms with van der Waals surface area (Å²) in [6.07, 6.45) is 5.52. The topological polar surface area (TPSA) is 41.6 Å². The van der Waals surface area contributed by atoms with E-state index in [1.54, 1.807) is 24.2 Å². The lowest BCUT2D eigenvalue weighted by atomic mass is 10.0. The third kappa shape index (κ3) is 2.69. The van der Waals surface area contributed by atoms with E-state index in [1.807, 2.05) is 43.6 Å². The van der Waals surface area contributed by atoms with E-state index in [2.05, 4.69) is 37.6 Å². The van der Waals surface area contributed by atoms with Gasteiger partial charge in [0.15, 0.2) is 0 Å². The molecule has 3 nitrogen and oxygen atoms in total. The van der Waals surface area contributed by atoms with Gasteiger partial charge in [-0.2, -0.15) is 5.26 Å². The quantitative estimate of drug-likeness (QED) is 0.591. The van der Waals surface area contributed by atoms with Gasteiger partial charge in [-0.1, -0.05) is 24.3 Å². The second kappa shape index (κ2) is 6.61. The van der Waals surface area contributed by atoms with Gasteiger partial charge in [-0.3, -0.25) is 4.98 Å². The van der Waals surface area contributed by atoms with Crippen molar-refractivity contribution >= 4 is 49.1 Å². The zero-order valence-electron chi connectivity index (χ0n) is 12.7. The van der Waals surface area contributed by atoms with E-state index in [0.717, 1.165) is 31.5 Å². The molecule has 0 bridgehead atoms. The number of benzene rings is 1. The lowest BCUT2D eigenvalue weighted by Crippen LogP contribution is -1.91. The summed E-state index contributed by atoms with van der Waals surface area (Å²) in [5.74, 6) is 0. The number of hydrogen-bond acceptors (Lipinski definition) is 3. The highest BCUT2D eigenvalue weighted by atomic mass is 79.9. The molecule has 0 aliphatic rings. The minimum absolute atomic E-state index is 0.661. The Morgan fingerprint density at radius 1 is 1.26 bits per heavy atom. The van der Waals surface area contributed by atoms with E-state index >= 15 is 0 Å². The Morgan fingerprint density at radius 2 is 2.04 bits per heavy atom. The van der Waals surface area contributed by atoms with Crippen molar-refractivity contribution in [1.29, 1.82) is 5.26 Å². The van der Waals surface area contributed by atoms with E-state index < -0.39 is 0 Å². The Hall–Kier alpha value is -2.03. The molecule has 0 amide bonds. The number of pyridine rings is 1. The van der Waals surface area contributed by atoms with Crippen molar-refractivity contribution in [2.75, 3.05) is 6.26 Å². The third-order valence-corrected chi connectivity index (χ3v) is 5.53. The summed E-state index contributed by atoms with van der Waals surface area (Å²) < 4.78 is 2.97. The Bertz CT molecular complexity index is 936. The van der Waals surface area contributed by atoms with Crippen LogP contribution in [0.25, 0.3) is 21.4 Å². The van der Waals surface area contributed by atoms with Gasteiger partial charge >= 0.3 is 0 Å². The van der Waals surface area contributed by atoms with Crippen molar-refractivity contribution < 1.29 is 0 Å². The molecule has 2 aromatic heterocycles. The summed E-state index contributed by atoms with van der Waals surface area (Å²) in [5, 5.41) is 10.9. The summed E-state index contributed by atoms with van der Waals surface area (Å²) >= 11 is 5.22. The molecule has 0 atom stereocenters. The number of halogens is 1. The molecule has 5 heteroatoms. The minimum Gasteiger partial charge on any atom is -0.338 e. The van der Waals surface area contributed by atoms with Crippen LogP contribution in [0.3, 0.4) is 0 Å². The van der Waals surface area contributed by atoms with Gasteiger partial charge in [0.05, 0.1) is 10.2 Å². The maximum absolute atomic E-state index is 9.86. The number of hydrogen-bond donors (Lipinski definition) is 0. The molecule has 0 saturated heterocycles. The van der Waals surface area contributed by atoms with Crippen LogP contribution in [0.4, 0.5) is 0 Å². The first kappa shape index (κ1) is 15.9. The van der Waals surface area contributed by atoms with Gasteiger partial charge in [0.1, 0.15) is 6.07 Å². The Labute approximate surface area is 147 Å². The molecule has 1 aromatic carbocycles. The fourth-order valence-corrected chi connectivity index (χ4v) is 3.99. The lowest BCUT2D eigenvalue weighted by molar-refractivity contribution is 0.939. The molecule has 0 fully saturated rings. The molecule has 0 aliphatic heterocycles. The zero-order valence-corrected chi connectivity index (χ0v) is 15.1. The first-order valence-electron chi connectivity index (χ1n) is 7.01. The fourth-order valence-electron chi connectivity index (χ4n) is 2.68. The second-order valence-corrected chi connectivity index (χ2v) is 6.57. The van der Waals surface area contributed by atoms with Crippen molar-refractivity contribution in [3.05, 3.63) is 64.5 Å². The predicted molar refractivity (Wildman–Crippen MR) is 101 cm³/mol. The molecule has 3 aromatic rings. The van der Waals surface area contributed by atoms with Gasteiger partial charge in [0.25, 0.3) is 0 Å². The fraction of sp³-hybridized carbons (Fsp3) is 0.111. The van der Waals surface area contributed by atoms with E-state index in [1.165, 1.54) is 0 Å². The first-order chi connectivity index (χ1) is 11.2. The molecule has 2 heterocycles. The van der Waals surface area contributed by atoms with Gasteiger partial charge in [-0.05, 0) is 34.3 Å². The molecule has 3 rings (SSSR count). The van der Waals surface area contributed by atoms with E-state index in [4.69, 9.17) is 0 Å². The van der Waals surface area contributed by atoms with Gasteiger partial charge in [-0.15, -0.1) is 11.8 Å². The zero-order chi connectivity index (χ0) is 16.4. The van der Waals surface area contributed by atoms with Crippen LogP contribution in [0.2, 0.25) is 0 Å². The number of fused-ring (bicyclic) bond motifs is 1. The van der Waals surface area contributed by atoms with Crippen LogP contribution in [0.1, 0.15) is 11.1 Å². The molecular weight excluding hydrogens is 370 g/mol. The van der Waals surface area contributed by atoms with Crippen molar-refractivity contribution in [2.24, 2.45) is 7.05 Å². The Kier molecular flexibility index (Phi) is 4.56. The van der Waals surface area contributed by atoms with E-state index in [0.29, 0.717) is 5.57 Å². The van der Waals surface area contributed by atoms with Gasteiger partial charge < -0.3 is 4.57 Å². The van der Waals surface area contributed by atoms with E-state index in [-0.39, 0.29) is 0 Å². The normalized spacial score (nSPS) is 12.1. The number of para-hydroxylation sites is 1. The molecule has 0 unspecified atom stereocenters. The molecule has 23 heavy (non-hydrogen) atoms. The summed E-state index contributed by atoms with van der Waals surface area (Å²) in [5.41, 5.74) is 3.64. The van der Waals surface area contributed by atoms with E-state index in [9.17, 15) is 5.26 Å². The average molecular weight is 384 g/mol. The molecule has 114 valence electrons. The van der Waals surface area contributed by atoms with Crippen molar-refractivity contribution in [2.45, 2.75) is 0 Å². The number of nitrogens with zero attached hydrogens (tertiary/aromatic N) is 3. The molecule has 0 saturated carbocycles. The molecule has 0 N–H and O–H groups in total. The highest BCUT2D eigenvalue weighted by Crippen LogP contribution is 2.40. The molecule has 0 radical (unpaired) electrons. The van der Waals surface area contributed by atoms with Gasteiger partial charge in [0.2, 0.25) is 0 Å². The van der Waals surface area contributed by atoms with Crippen LogP contribution < -0.4 is 0 Å². The van der Waals surface area contributed by atoms with Crippen LogP contribution in [-0.2, 0) is 7.05 Å². The van der Waals surface area contributed by atoms with Crippen LogP contribution in [0.5, 0.6) is 0 Å². The van der Waals surface area contributed by atoms with Crippen LogP contribution in [0, 0.1) is 11.3 Å². The number of aromatic nitrogens is 2. The van der Waals surface area contributed by atoms with Crippen LogP contribution >= 0.6 is 27.7 Å². The monoisotopic (exact) mass is 383 g/mol. The Morgan fingerprint density at radius 3 is 2.70 bits per heavy atom. The highest BCUT2D eigenvalue weighted by molar-refractivity contribution is 9.10. The number of aryl methyl sites for hydroxylation is 1. The third-order valence-electron chi connectivity index (χ3n) is 3.75. The largest absolute Gasteiger partial charge is 0.338 e. The standard InChI is InChI=1S/C18H14BrN3S/c1-22-15-8-4-3-7-13(15)16(18(22)19)14(10-20)17(23-2)12-6-5-9-21-11-12/h3-9,11H,1-2H3/b17-14-. The predicted octanol–water partition coefficient (Wildman–Crippen LogP) is 5.09. The van der Waals surface area contributed by atoms with Crippen LogP contribution in [0.15, 0.2) is 53.4 Å². The SMILES string of the molecule is CS/C(=C(/C#N)c1c(Br)n(C)c2ccccc12)c1cccnc1. The molecular formula is C18H14BrN3S. The van der Waals surface area contributed by atoms with Gasteiger partial charge in [-0.25, -0.2) is 0 Å².